The molecule has 0 unspecified atom stereocenters. The number of phenols is 1. The summed E-state index contributed by atoms with van der Waals surface area (Å²) >= 11 is 0. The molecule has 3 N–H and O–H groups in total. The Morgan fingerprint density at radius 2 is 1.88 bits per heavy atom. The molecule has 0 saturated heterocycles. The molecule has 2 rings (SSSR count). The lowest BCUT2D eigenvalue weighted by molar-refractivity contribution is 0.239. The van der Waals surface area contributed by atoms with E-state index in [0.717, 1.165) is 12.5 Å². The molecule has 88 valence electrons. The van der Waals surface area contributed by atoms with Crippen LogP contribution in [0, 0.1) is 17.5 Å². The highest BCUT2D eigenvalue weighted by atomic mass is 19.2. The van der Waals surface area contributed by atoms with Crippen molar-refractivity contribution in [2.24, 2.45) is 5.73 Å². The molecule has 0 heterocycles. The van der Waals surface area contributed by atoms with Crippen molar-refractivity contribution in [3.8, 4) is 5.75 Å². The Morgan fingerprint density at radius 3 is 2.31 bits per heavy atom. The van der Waals surface area contributed by atoms with Crippen molar-refractivity contribution in [3.63, 3.8) is 0 Å². The number of phenolic OH excluding ortho intramolecular Hbond substituents is 1. The predicted molar refractivity (Wildman–Crippen MR) is 52.6 cm³/mol. The van der Waals surface area contributed by atoms with Crippen LogP contribution in [0.2, 0.25) is 0 Å². The van der Waals surface area contributed by atoms with E-state index in [-0.39, 0.29) is 12.1 Å². The zero-order valence-corrected chi connectivity index (χ0v) is 8.56. The van der Waals surface area contributed by atoms with Gasteiger partial charge in [-0.15, -0.1) is 0 Å². The van der Waals surface area contributed by atoms with Crippen molar-refractivity contribution in [2.45, 2.75) is 24.7 Å². The first-order chi connectivity index (χ1) is 7.52. The summed E-state index contributed by atoms with van der Waals surface area (Å²) in [5, 5.41) is 9.50. The van der Waals surface area contributed by atoms with Gasteiger partial charge in [-0.1, -0.05) is 6.42 Å². The molecule has 2 nitrogen and oxygen atoms in total. The van der Waals surface area contributed by atoms with Gasteiger partial charge in [0, 0.05) is 17.5 Å². The van der Waals surface area contributed by atoms with Gasteiger partial charge in [-0.25, -0.2) is 8.78 Å². The van der Waals surface area contributed by atoms with Crippen molar-refractivity contribution in [3.05, 3.63) is 29.1 Å². The van der Waals surface area contributed by atoms with Crippen LogP contribution in [0.1, 0.15) is 24.8 Å². The summed E-state index contributed by atoms with van der Waals surface area (Å²) in [7, 11) is 0. The fourth-order valence-electron chi connectivity index (χ4n) is 2.18. The molecule has 0 bridgehead atoms. The Bertz CT molecular complexity index is 424. The van der Waals surface area contributed by atoms with Crippen LogP contribution in [0.3, 0.4) is 0 Å². The van der Waals surface area contributed by atoms with Gasteiger partial charge in [0.15, 0.2) is 17.4 Å². The van der Waals surface area contributed by atoms with Crippen LogP contribution >= 0.6 is 0 Å². The van der Waals surface area contributed by atoms with E-state index in [2.05, 4.69) is 0 Å². The van der Waals surface area contributed by atoms with Crippen LogP contribution in [0.15, 0.2) is 6.07 Å². The van der Waals surface area contributed by atoms with E-state index in [4.69, 9.17) is 5.73 Å². The number of rotatable bonds is 2. The smallest absolute Gasteiger partial charge is 0.203 e. The van der Waals surface area contributed by atoms with Crippen molar-refractivity contribution in [1.29, 1.82) is 0 Å². The minimum absolute atomic E-state index is 0.0812. The molecule has 1 aliphatic rings. The Morgan fingerprint density at radius 1 is 1.25 bits per heavy atom. The molecule has 1 aromatic carbocycles. The highest BCUT2D eigenvalue weighted by Crippen LogP contribution is 2.47. The topological polar surface area (TPSA) is 46.2 Å². The van der Waals surface area contributed by atoms with Crippen molar-refractivity contribution < 1.29 is 18.3 Å². The summed E-state index contributed by atoms with van der Waals surface area (Å²) in [6.45, 7) is 0.186. The van der Waals surface area contributed by atoms with Gasteiger partial charge in [-0.3, -0.25) is 0 Å². The molecular weight excluding hydrogens is 219 g/mol. The van der Waals surface area contributed by atoms with Crippen LogP contribution < -0.4 is 5.73 Å². The van der Waals surface area contributed by atoms with E-state index in [9.17, 15) is 18.3 Å². The van der Waals surface area contributed by atoms with Gasteiger partial charge in [0.25, 0.3) is 0 Å². The average molecular weight is 231 g/mol. The number of benzene rings is 1. The second-order valence-electron chi connectivity index (χ2n) is 4.22. The molecule has 0 radical (unpaired) electrons. The molecule has 5 heteroatoms. The fraction of sp³-hybridized carbons (Fsp3) is 0.455. The number of nitrogens with two attached hydrogens (primary N) is 1. The normalized spacial score (nSPS) is 18.2. The van der Waals surface area contributed by atoms with Gasteiger partial charge in [0.2, 0.25) is 5.82 Å². The van der Waals surface area contributed by atoms with E-state index in [1.807, 2.05) is 0 Å². The monoisotopic (exact) mass is 231 g/mol. The molecule has 1 aromatic rings. The molecule has 1 aliphatic carbocycles. The van der Waals surface area contributed by atoms with Gasteiger partial charge in [0.05, 0.1) is 0 Å². The third-order valence-electron chi connectivity index (χ3n) is 3.41. The minimum atomic E-state index is -1.65. The Kier molecular flexibility index (Phi) is 2.58. The van der Waals surface area contributed by atoms with Crippen LogP contribution in [0.5, 0.6) is 5.75 Å². The molecule has 0 amide bonds. The number of aromatic hydroxyl groups is 1. The number of halogens is 3. The molecule has 0 atom stereocenters. The molecular formula is C11H12F3NO. The van der Waals surface area contributed by atoms with Gasteiger partial charge >= 0.3 is 0 Å². The molecule has 0 aliphatic heterocycles. The lowest BCUT2D eigenvalue weighted by atomic mass is 9.64. The summed E-state index contributed by atoms with van der Waals surface area (Å²) in [4.78, 5) is 0. The first kappa shape index (κ1) is 11.3. The lowest BCUT2D eigenvalue weighted by Gasteiger charge is -2.41. The SMILES string of the molecule is NCC1(c2cc(F)c(F)c(F)c2O)CCC1. The molecule has 0 aromatic heterocycles. The van der Waals surface area contributed by atoms with Gasteiger partial charge in [-0.2, -0.15) is 4.39 Å². The third-order valence-corrected chi connectivity index (χ3v) is 3.41. The Balaban J connectivity index is 2.57. The second-order valence-corrected chi connectivity index (χ2v) is 4.22. The van der Waals surface area contributed by atoms with E-state index in [1.54, 1.807) is 0 Å². The minimum Gasteiger partial charge on any atom is -0.505 e. The summed E-state index contributed by atoms with van der Waals surface area (Å²) in [5.41, 5.74) is 5.04. The zero-order chi connectivity index (χ0) is 11.9. The van der Waals surface area contributed by atoms with Crippen LogP contribution in [0.4, 0.5) is 13.2 Å². The largest absolute Gasteiger partial charge is 0.505 e. The van der Waals surface area contributed by atoms with Crippen molar-refractivity contribution >= 4 is 0 Å². The zero-order valence-electron chi connectivity index (χ0n) is 8.56. The van der Waals surface area contributed by atoms with E-state index < -0.39 is 28.6 Å². The maximum absolute atomic E-state index is 13.2. The summed E-state index contributed by atoms with van der Waals surface area (Å²) < 4.78 is 39.1. The Hall–Kier alpha value is -1.23. The van der Waals surface area contributed by atoms with Crippen LogP contribution in [-0.2, 0) is 5.41 Å². The third kappa shape index (κ3) is 1.38. The van der Waals surface area contributed by atoms with Crippen molar-refractivity contribution in [2.75, 3.05) is 6.54 Å². The van der Waals surface area contributed by atoms with Gasteiger partial charge in [0.1, 0.15) is 0 Å². The van der Waals surface area contributed by atoms with Gasteiger partial charge in [-0.05, 0) is 18.9 Å². The van der Waals surface area contributed by atoms with E-state index in [1.165, 1.54) is 0 Å². The standard InChI is InChI=1S/C11H12F3NO/c12-7-4-6(10(16)9(14)8(7)13)11(5-15)2-1-3-11/h4,16H,1-3,5,15H2. The maximum Gasteiger partial charge on any atom is 0.203 e. The molecule has 1 saturated carbocycles. The van der Waals surface area contributed by atoms with Crippen LogP contribution in [-0.4, -0.2) is 11.7 Å². The molecule has 16 heavy (non-hydrogen) atoms. The molecule has 1 fully saturated rings. The second kappa shape index (κ2) is 3.66. The first-order valence-electron chi connectivity index (χ1n) is 5.09. The highest BCUT2D eigenvalue weighted by Gasteiger charge is 2.41. The number of hydrogen-bond donors (Lipinski definition) is 2. The summed E-state index contributed by atoms with van der Waals surface area (Å²) in [6, 6.07) is 0.847. The average Bonchev–Trinajstić information content (AvgIpc) is 2.21. The summed E-state index contributed by atoms with van der Waals surface area (Å²) in [5.74, 6) is -5.28. The van der Waals surface area contributed by atoms with Crippen molar-refractivity contribution in [1.82, 2.24) is 0 Å². The predicted octanol–water partition coefficient (Wildman–Crippen LogP) is 2.19. The lowest BCUT2D eigenvalue weighted by Crippen LogP contribution is -2.41. The van der Waals surface area contributed by atoms with Crippen LogP contribution in [0.25, 0.3) is 0 Å². The van der Waals surface area contributed by atoms with E-state index in [0.29, 0.717) is 12.8 Å². The first-order valence-corrected chi connectivity index (χ1v) is 5.09. The quantitative estimate of drug-likeness (QED) is 0.766. The molecule has 0 spiro atoms. The highest BCUT2D eigenvalue weighted by molar-refractivity contribution is 5.42. The Labute approximate surface area is 90.9 Å². The fourth-order valence-corrected chi connectivity index (χ4v) is 2.18. The van der Waals surface area contributed by atoms with E-state index >= 15 is 0 Å². The van der Waals surface area contributed by atoms with Gasteiger partial charge < -0.3 is 10.8 Å². The summed E-state index contributed by atoms with van der Waals surface area (Å²) in [6.07, 6.45) is 2.19. The maximum atomic E-state index is 13.2. The number of hydrogen-bond acceptors (Lipinski definition) is 2.